The number of hydrogen-bond donors (Lipinski definition) is 3. The highest BCUT2D eigenvalue weighted by Crippen LogP contribution is 2.30. The molecule has 0 saturated heterocycles. The van der Waals surface area contributed by atoms with E-state index >= 15 is 0 Å². The Hall–Kier alpha value is -3.09. The highest BCUT2D eigenvalue weighted by atomic mass is 16.5. The molecule has 3 N–H and O–H groups in total. The Bertz CT molecular complexity index is 846. The Kier molecular flexibility index (Phi) is 5.90. The van der Waals surface area contributed by atoms with Crippen molar-refractivity contribution in [2.24, 2.45) is 11.8 Å². The number of hydrazine groups is 1. The van der Waals surface area contributed by atoms with Gasteiger partial charge in [-0.1, -0.05) is 49.2 Å². The number of carbonyl (C=O) groups excluding carboxylic acids is 2. The van der Waals surface area contributed by atoms with Crippen molar-refractivity contribution in [1.29, 1.82) is 0 Å². The first-order valence-corrected chi connectivity index (χ1v) is 8.98. The van der Waals surface area contributed by atoms with Crippen LogP contribution in [-0.2, 0) is 14.4 Å². The highest BCUT2D eigenvalue weighted by molar-refractivity contribution is 5.89. The molecule has 0 aliphatic heterocycles. The van der Waals surface area contributed by atoms with Crippen LogP contribution in [0.25, 0.3) is 10.8 Å². The Labute approximate surface area is 156 Å². The molecule has 27 heavy (non-hydrogen) atoms. The lowest BCUT2D eigenvalue weighted by molar-refractivity contribution is -0.149. The number of nitrogens with one attached hydrogen (secondary N) is 2. The molecule has 1 aliphatic rings. The van der Waals surface area contributed by atoms with Crippen molar-refractivity contribution in [3.05, 3.63) is 42.5 Å². The molecule has 0 unspecified atom stereocenters. The van der Waals surface area contributed by atoms with Gasteiger partial charge in [-0.2, -0.15) is 0 Å². The van der Waals surface area contributed by atoms with E-state index in [1.165, 1.54) is 0 Å². The summed E-state index contributed by atoms with van der Waals surface area (Å²) in [6, 6.07) is 13.2. The van der Waals surface area contributed by atoms with Crippen molar-refractivity contribution in [1.82, 2.24) is 10.9 Å². The lowest BCUT2D eigenvalue weighted by Gasteiger charge is -2.27. The van der Waals surface area contributed by atoms with Crippen LogP contribution in [0.3, 0.4) is 0 Å². The molecule has 2 aromatic rings. The van der Waals surface area contributed by atoms with E-state index in [1.54, 1.807) is 6.07 Å². The topological polar surface area (TPSA) is 105 Å². The summed E-state index contributed by atoms with van der Waals surface area (Å²) in [4.78, 5) is 35.5. The summed E-state index contributed by atoms with van der Waals surface area (Å²) in [7, 11) is 0. The number of rotatable bonds is 5. The second-order valence-electron chi connectivity index (χ2n) is 6.64. The molecule has 7 nitrogen and oxygen atoms in total. The number of ether oxygens (including phenoxy) is 1. The molecular formula is C20H22N2O5. The van der Waals surface area contributed by atoms with Crippen LogP contribution in [0.15, 0.2) is 42.5 Å². The van der Waals surface area contributed by atoms with Gasteiger partial charge in [-0.05, 0) is 24.3 Å². The number of aliphatic carboxylic acids is 1. The van der Waals surface area contributed by atoms with Crippen molar-refractivity contribution >= 4 is 28.6 Å². The fourth-order valence-corrected chi connectivity index (χ4v) is 3.47. The fourth-order valence-electron chi connectivity index (χ4n) is 3.47. The number of carboxylic acids is 1. The molecule has 2 amide bonds. The van der Waals surface area contributed by atoms with E-state index in [2.05, 4.69) is 10.9 Å². The number of benzene rings is 2. The summed E-state index contributed by atoms with van der Waals surface area (Å²) < 4.78 is 5.56. The monoisotopic (exact) mass is 370 g/mol. The molecule has 0 spiro atoms. The number of amides is 2. The predicted molar refractivity (Wildman–Crippen MR) is 98.8 cm³/mol. The normalized spacial score (nSPS) is 19.3. The van der Waals surface area contributed by atoms with E-state index in [0.717, 1.165) is 23.6 Å². The van der Waals surface area contributed by atoms with Gasteiger partial charge >= 0.3 is 5.97 Å². The third-order valence-corrected chi connectivity index (χ3v) is 4.85. The van der Waals surface area contributed by atoms with Crippen LogP contribution in [0, 0.1) is 11.8 Å². The van der Waals surface area contributed by atoms with E-state index in [0.29, 0.717) is 18.6 Å². The molecule has 2 atom stereocenters. The average molecular weight is 370 g/mol. The maximum Gasteiger partial charge on any atom is 0.307 e. The maximum absolute atomic E-state index is 12.2. The summed E-state index contributed by atoms with van der Waals surface area (Å²) in [5, 5.41) is 11.1. The highest BCUT2D eigenvalue weighted by Gasteiger charge is 2.35. The smallest absolute Gasteiger partial charge is 0.307 e. The van der Waals surface area contributed by atoms with Crippen molar-refractivity contribution in [3.63, 3.8) is 0 Å². The third-order valence-electron chi connectivity index (χ3n) is 4.85. The van der Waals surface area contributed by atoms with Gasteiger partial charge in [0.2, 0.25) is 5.91 Å². The predicted octanol–water partition coefficient (Wildman–Crippen LogP) is 2.26. The van der Waals surface area contributed by atoms with Gasteiger partial charge in [-0.3, -0.25) is 25.2 Å². The van der Waals surface area contributed by atoms with Crippen LogP contribution in [0.4, 0.5) is 0 Å². The summed E-state index contributed by atoms with van der Waals surface area (Å²) in [5.74, 6) is -2.72. The van der Waals surface area contributed by atoms with Gasteiger partial charge in [0.05, 0.1) is 11.8 Å². The third kappa shape index (κ3) is 4.55. The first-order valence-electron chi connectivity index (χ1n) is 8.98. The van der Waals surface area contributed by atoms with E-state index in [1.807, 2.05) is 36.4 Å². The molecule has 0 heterocycles. The molecule has 0 radical (unpaired) electrons. The van der Waals surface area contributed by atoms with Crippen molar-refractivity contribution in [2.45, 2.75) is 25.7 Å². The van der Waals surface area contributed by atoms with Crippen molar-refractivity contribution in [2.75, 3.05) is 6.61 Å². The van der Waals surface area contributed by atoms with E-state index in [-0.39, 0.29) is 6.61 Å². The lowest BCUT2D eigenvalue weighted by Crippen LogP contribution is -2.49. The zero-order valence-electron chi connectivity index (χ0n) is 14.8. The minimum Gasteiger partial charge on any atom is -0.483 e. The van der Waals surface area contributed by atoms with Crippen LogP contribution < -0.4 is 15.6 Å². The number of carboxylic acid groups (broad SMARTS) is 1. The van der Waals surface area contributed by atoms with Crippen molar-refractivity contribution in [3.8, 4) is 5.75 Å². The van der Waals surface area contributed by atoms with E-state index in [9.17, 15) is 19.5 Å². The van der Waals surface area contributed by atoms with Crippen LogP contribution in [0.1, 0.15) is 25.7 Å². The van der Waals surface area contributed by atoms with Crippen LogP contribution in [-0.4, -0.2) is 29.5 Å². The van der Waals surface area contributed by atoms with Crippen LogP contribution in [0.5, 0.6) is 5.75 Å². The molecule has 3 rings (SSSR count). The Balaban J connectivity index is 1.52. The van der Waals surface area contributed by atoms with Crippen LogP contribution in [0.2, 0.25) is 0 Å². The Morgan fingerprint density at radius 2 is 1.67 bits per heavy atom. The molecule has 7 heteroatoms. The van der Waals surface area contributed by atoms with E-state index < -0.39 is 29.6 Å². The molecule has 1 fully saturated rings. The quantitative estimate of drug-likeness (QED) is 0.700. The summed E-state index contributed by atoms with van der Waals surface area (Å²) >= 11 is 0. The first-order chi connectivity index (χ1) is 13.1. The molecule has 142 valence electrons. The van der Waals surface area contributed by atoms with Gasteiger partial charge in [0.15, 0.2) is 6.61 Å². The number of hydrogen-bond acceptors (Lipinski definition) is 4. The minimum atomic E-state index is -0.972. The summed E-state index contributed by atoms with van der Waals surface area (Å²) in [6.45, 7) is -0.263. The maximum atomic E-state index is 12.2. The second kappa shape index (κ2) is 8.53. The zero-order chi connectivity index (χ0) is 19.2. The zero-order valence-corrected chi connectivity index (χ0v) is 14.8. The Morgan fingerprint density at radius 3 is 2.44 bits per heavy atom. The van der Waals surface area contributed by atoms with Gasteiger partial charge in [-0.25, -0.2) is 0 Å². The summed E-state index contributed by atoms with van der Waals surface area (Å²) in [5.41, 5.74) is 4.63. The second-order valence-corrected chi connectivity index (χ2v) is 6.64. The summed E-state index contributed by atoms with van der Waals surface area (Å²) in [6.07, 6.45) is 2.59. The van der Waals surface area contributed by atoms with Gasteiger partial charge in [0.1, 0.15) is 5.75 Å². The average Bonchev–Trinajstić information content (AvgIpc) is 2.70. The first kappa shape index (κ1) is 18.7. The van der Waals surface area contributed by atoms with Gasteiger partial charge in [0.25, 0.3) is 5.91 Å². The molecule has 0 aromatic heterocycles. The van der Waals surface area contributed by atoms with Gasteiger partial charge in [-0.15, -0.1) is 0 Å². The molecule has 1 aliphatic carbocycles. The standard InChI is InChI=1S/C20H22N2O5/c23-18(12-27-17-11-5-7-13-6-1-2-8-14(13)17)21-22-19(24)15-9-3-4-10-16(15)20(25)26/h1-2,5-8,11,15-16H,3-4,9-10,12H2,(H,21,23)(H,22,24)(H,25,26)/t15-,16+/m0/s1. The van der Waals surface area contributed by atoms with Crippen LogP contribution >= 0.6 is 0 Å². The number of fused-ring (bicyclic) bond motifs is 1. The van der Waals surface area contributed by atoms with Gasteiger partial charge in [0, 0.05) is 5.39 Å². The number of carbonyl (C=O) groups is 3. The molecule has 1 saturated carbocycles. The molecule has 2 aromatic carbocycles. The Morgan fingerprint density at radius 1 is 0.963 bits per heavy atom. The molecular weight excluding hydrogens is 348 g/mol. The van der Waals surface area contributed by atoms with E-state index in [4.69, 9.17) is 4.74 Å². The largest absolute Gasteiger partial charge is 0.483 e. The minimum absolute atomic E-state index is 0.263. The molecule has 0 bridgehead atoms. The fraction of sp³-hybridized carbons (Fsp3) is 0.350. The lowest BCUT2D eigenvalue weighted by atomic mass is 9.79. The SMILES string of the molecule is O=C(COc1cccc2ccccc12)NNC(=O)[C@H]1CCCC[C@H]1C(=O)O. The van der Waals surface area contributed by atoms with Crippen molar-refractivity contribution < 1.29 is 24.2 Å². The van der Waals surface area contributed by atoms with Gasteiger partial charge < -0.3 is 9.84 Å².